The van der Waals surface area contributed by atoms with Crippen molar-refractivity contribution >= 4 is 47.6 Å². The average molecular weight is 376 g/mol. The van der Waals surface area contributed by atoms with E-state index in [-0.39, 0.29) is 29.4 Å². The summed E-state index contributed by atoms with van der Waals surface area (Å²) in [6, 6.07) is 0. The highest BCUT2D eigenvalue weighted by Crippen LogP contribution is 2.25. The summed E-state index contributed by atoms with van der Waals surface area (Å²) in [6.07, 6.45) is 0. The molecule has 0 saturated heterocycles. The van der Waals surface area contributed by atoms with E-state index >= 15 is 0 Å². The molecule has 16 heteroatoms. The molecule has 0 heterocycles. The van der Waals surface area contributed by atoms with Gasteiger partial charge in [0.1, 0.15) is 0 Å². The van der Waals surface area contributed by atoms with Crippen molar-refractivity contribution in [3.05, 3.63) is 10.1 Å². The molecule has 0 amide bonds. The van der Waals surface area contributed by atoms with Gasteiger partial charge in [-0.1, -0.05) is 0 Å². The molecule has 0 aromatic rings. The molecule has 104 valence electrons. The van der Waals surface area contributed by atoms with Gasteiger partial charge >= 0.3 is 18.2 Å². The summed E-state index contributed by atoms with van der Waals surface area (Å²) >= 11 is 0. The van der Waals surface area contributed by atoms with Crippen LogP contribution < -0.4 is 0 Å². The highest BCUT2D eigenvalue weighted by molar-refractivity contribution is 8.93. The third kappa shape index (κ3) is 936000. The van der Waals surface area contributed by atoms with Gasteiger partial charge in [0.2, 0.25) is 0 Å². The normalized spacial score (nSPS) is 8.81. The fraction of sp³-hybridized carbons (Fsp3) is 0. The van der Waals surface area contributed by atoms with Crippen LogP contribution in [0.5, 0.6) is 0 Å². The van der Waals surface area contributed by atoms with Gasteiger partial charge in [0.05, 0.1) is 0 Å². The summed E-state index contributed by atoms with van der Waals surface area (Å²) in [6.45, 7) is 0. The first-order valence-electron chi connectivity index (χ1n) is 2.05. The van der Waals surface area contributed by atoms with E-state index < -0.39 is 23.3 Å². The summed E-state index contributed by atoms with van der Waals surface area (Å²) in [5, 5.41) is 13.6. The first-order chi connectivity index (χ1) is 5.73. The second kappa shape index (κ2) is 13.0. The number of rotatable bonds is 0. The monoisotopic (exact) mass is 375 g/mol. The van der Waals surface area contributed by atoms with Gasteiger partial charge in [0.25, 0.3) is 5.09 Å². The lowest BCUT2D eigenvalue weighted by Crippen LogP contribution is -1.89. The molecular formula is H8BrClNO11PS. The molecule has 0 aromatic carbocycles. The van der Waals surface area contributed by atoms with Crippen LogP contribution in [0.3, 0.4) is 0 Å². The van der Waals surface area contributed by atoms with Crippen LogP contribution in [0.15, 0.2) is 0 Å². The van der Waals surface area contributed by atoms with Crippen LogP contribution in [-0.2, 0) is 15.0 Å². The van der Waals surface area contributed by atoms with Crippen LogP contribution in [0.4, 0.5) is 0 Å². The Morgan fingerprint density at radius 2 is 1.12 bits per heavy atom. The molecule has 0 radical (unpaired) electrons. The molecule has 16 heavy (non-hydrogen) atoms. The highest BCUT2D eigenvalue weighted by Gasteiger charge is 2.00. The Kier molecular flexibility index (Phi) is 24.2. The Balaban J connectivity index is -0.0000000358. The third-order valence-corrected chi connectivity index (χ3v) is 0. The minimum absolute atomic E-state index is 0. The zero-order valence-corrected chi connectivity index (χ0v) is 11.1. The lowest BCUT2D eigenvalue weighted by Gasteiger charge is -1.82. The Bertz CT molecular complexity index is 271. The van der Waals surface area contributed by atoms with Crippen LogP contribution in [0.1, 0.15) is 0 Å². The molecule has 0 saturated carbocycles. The summed E-state index contributed by atoms with van der Waals surface area (Å²) in [5.41, 5.74) is 0. The van der Waals surface area contributed by atoms with Crippen LogP contribution in [0.25, 0.3) is 0 Å². The van der Waals surface area contributed by atoms with E-state index in [0.717, 1.165) is 0 Å². The third-order valence-electron chi connectivity index (χ3n) is 0. The number of phosphoric acid groups is 1. The van der Waals surface area contributed by atoms with E-state index in [1.807, 2.05) is 0 Å². The number of nitrogens with zero attached hydrogens (tertiary/aromatic N) is 1. The lowest BCUT2D eigenvalue weighted by molar-refractivity contribution is -0.742. The van der Waals surface area contributed by atoms with Crippen molar-refractivity contribution in [2.24, 2.45) is 0 Å². The number of hydrogen-bond donors (Lipinski definition) is 6. The number of hydrogen-bond acceptors (Lipinski definition) is 5. The maximum atomic E-state index is 8.88. The van der Waals surface area contributed by atoms with Crippen molar-refractivity contribution in [2.45, 2.75) is 0 Å². The van der Waals surface area contributed by atoms with Gasteiger partial charge in [-0.05, 0) is 0 Å². The summed E-state index contributed by atoms with van der Waals surface area (Å²) < 4.78 is 40.5. The second-order valence-corrected chi connectivity index (χ2v) is 3.12. The second-order valence-electron chi connectivity index (χ2n) is 1.20. The van der Waals surface area contributed by atoms with Gasteiger partial charge in [-0.15, -0.1) is 39.5 Å². The molecule has 6 N–H and O–H groups in total. The van der Waals surface area contributed by atoms with Crippen LogP contribution in [0.2, 0.25) is 0 Å². The number of halogens is 2. The minimum atomic E-state index is -4.67. The standard InChI is InChI=1S/BrH.ClH.HNO3.H3O4P.H2O4S/c;;2-1(3)4;2*1-5(2,3)4/h2*1H;(H,2,3,4);(H3,1,2,3,4);(H2,1,2,3,4). The molecule has 0 aromatic heterocycles. The largest absolute Gasteiger partial charge is 0.466 e. The van der Waals surface area contributed by atoms with E-state index in [2.05, 4.69) is 0 Å². The van der Waals surface area contributed by atoms with E-state index in [1.165, 1.54) is 0 Å². The molecule has 0 bridgehead atoms. The topological polar surface area (TPSA) is 216 Å². The minimum Gasteiger partial charge on any atom is -0.328 e. The van der Waals surface area contributed by atoms with Crippen molar-refractivity contribution in [3.8, 4) is 0 Å². The molecule has 0 unspecified atom stereocenters. The summed E-state index contributed by atoms with van der Waals surface area (Å²) in [7, 11) is -9.31. The predicted molar refractivity (Wildman–Crippen MR) is 54.8 cm³/mol. The highest BCUT2D eigenvalue weighted by atomic mass is 79.9. The SMILES string of the molecule is Br.Cl.O=P(O)(O)O.O=S(=O)(O)O.O=[N+]([O-])O. The van der Waals surface area contributed by atoms with Gasteiger partial charge in [-0.25, -0.2) is 4.57 Å². The van der Waals surface area contributed by atoms with Crippen LogP contribution >= 0.6 is 37.2 Å². The molecule has 0 spiro atoms. The van der Waals surface area contributed by atoms with E-state index in [0.29, 0.717) is 0 Å². The fourth-order valence-electron chi connectivity index (χ4n) is 0. The van der Waals surface area contributed by atoms with Crippen molar-refractivity contribution < 1.29 is 47.1 Å². The molecule has 0 atom stereocenters. The van der Waals surface area contributed by atoms with Crippen LogP contribution in [-0.4, -0.2) is 42.5 Å². The molecule has 0 aliphatic heterocycles. The zero-order chi connectivity index (χ0) is 12.6. The molecule has 0 fully saturated rings. The Hall–Kier alpha value is -0.0500. The molecular weight excluding hydrogens is 368 g/mol. The zero-order valence-electron chi connectivity index (χ0n) is 6.84. The van der Waals surface area contributed by atoms with Crippen molar-refractivity contribution in [3.63, 3.8) is 0 Å². The van der Waals surface area contributed by atoms with Crippen molar-refractivity contribution in [1.29, 1.82) is 0 Å². The fourth-order valence-corrected chi connectivity index (χ4v) is 0. The van der Waals surface area contributed by atoms with Gasteiger partial charge in [0.15, 0.2) is 0 Å². The van der Waals surface area contributed by atoms with E-state index in [1.54, 1.807) is 0 Å². The Morgan fingerprint density at radius 1 is 1.12 bits per heavy atom. The lowest BCUT2D eigenvalue weighted by atomic mass is 13.1. The molecule has 0 rings (SSSR count). The van der Waals surface area contributed by atoms with E-state index in [4.69, 9.17) is 52.1 Å². The van der Waals surface area contributed by atoms with Crippen LogP contribution in [0, 0.1) is 10.1 Å². The Morgan fingerprint density at radius 3 is 1.12 bits per heavy atom. The van der Waals surface area contributed by atoms with Crippen molar-refractivity contribution in [1.82, 2.24) is 0 Å². The smallest absolute Gasteiger partial charge is 0.328 e. The first-order valence-corrected chi connectivity index (χ1v) is 5.01. The Labute approximate surface area is 105 Å². The maximum Gasteiger partial charge on any atom is 0.466 e. The van der Waals surface area contributed by atoms with Gasteiger partial charge < -0.3 is 19.9 Å². The molecule has 0 aliphatic carbocycles. The van der Waals surface area contributed by atoms with Gasteiger partial charge in [-0.2, -0.15) is 8.42 Å². The van der Waals surface area contributed by atoms with Gasteiger partial charge in [0, 0.05) is 0 Å². The summed E-state index contributed by atoms with van der Waals surface area (Å²) in [4.78, 5) is 29.9. The molecule has 0 aliphatic rings. The molecule has 12 nitrogen and oxygen atoms in total. The van der Waals surface area contributed by atoms with Gasteiger partial charge in [-0.3, -0.25) is 9.11 Å². The van der Waals surface area contributed by atoms with Crippen molar-refractivity contribution in [2.75, 3.05) is 0 Å². The maximum absolute atomic E-state index is 8.88. The first kappa shape index (κ1) is 29.7. The summed E-state index contributed by atoms with van der Waals surface area (Å²) in [5.74, 6) is 0. The predicted octanol–water partition coefficient (Wildman–Crippen LogP) is -0.929. The average Bonchev–Trinajstić information content (AvgIpc) is 1.45. The quantitative estimate of drug-likeness (QED) is 0.131. The van der Waals surface area contributed by atoms with E-state index in [9.17, 15) is 0 Å².